The first-order chi connectivity index (χ1) is 15.4. The van der Waals surface area contributed by atoms with Crippen molar-refractivity contribution in [3.05, 3.63) is 59.2 Å². The molecule has 3 N–H and O–H groups in total. The van der Waals surface area contributed by atoms with E-state index in [4.69, 9.17) is 0 Å². The van der Waals surface area contributed by atoms with Gasteiger partial charge in [-0.15, -0.1) is 0 Å². The molecule has 7 nitrogen and oxygen atoms in total. The fourth-order valence-electron chi connectivity index (χ4n) is 4.89. The molecule has 3 fully saturated rings. The average molecular weight is 443 g/mol. The molecule has 5 rings (SSSR count). The lowest BCUT2D eigenvalue weighted by Gasteiger charge is -2.38. The topological polar surface area (TPSA) is 62.9 Å². The minimum absolute atomic E-state index is 0.175. The van der Waals surface area contributed by atoms with Gasteiger partial charge in [0.05, 0.1) is 23.5 Å². The zero-order chi connectivity index (χ0) is 22.4. The van der Waals surface area contributed by atoms with Crippen LogP contribution in [0.25, 0.3) is 0 Å². The Labute approximate surface area is 186 Å². The summed E-state index contributed by atoms with van der Waals surface area (Å²) in [6, 6.07) is 9.19. The van der Waals surface area contributed by atoms with Crippen LogP contribution in [0.1, 0.15) is 23.6 Å². The molecule has 3 aliphatic heterocycles. The molecule has 3 saturated heterocycles. The van der Waals surface area contributed by atoms with Gasteiger partial charge in [-0.3, -0.25) is 10.2 Å². The van der Waals surface area contributed by atoms with E-state index in [0.29, 0.717) is 16.8 Å². The Morgan fingerprint density at radius 3 is 2.50 bits per heavy atom. The number of piperazine rings is 1. The maximum atomic E-state index is 15.7. The van der Waals surface area contributed by atoms with Crippen LogP contribution in [0.5, 0.6) is 0 Å². The molecule has 170 valence electrons. The van der Waals surface area contributed by atoms with Crippen molar-refractivity contribution in [2.45, 2.75) is 31.5 Å². The van der Waals surface area contributed by atoms with E-state index in [-0.39, 0.29) is 35.9 Å². The molecule has 3 unspecified atom stereocenters. The molecule has 0 bridgehead atoms. The summed E-state index contributed by atoms with van der Waals surface area (Å²) in [7, 11) is 2.07. The fourth-order valence-corrected chi connectivity index (χ4v) is 4.89. The van der Waals surface area contributed by atoms with Crippen molar-refractivity contribution in [2.75, 3.05) is 43.1 Å². The van der Waals surface area contributed by atoms with Crippen LogP contribution in [-0.4, -0.2) is 56.1 Å². The van der Waals surface area contributed by atoms with Crippen molar-refractivity contribution in [2.24, 2.45) is 0 Å². The van der Waals surface area contributed by atoms with Crippen LogP contribution in [0.4, 0.5) is 20.2 Å². The van der Waals surface area contributed by atoms with Crippen molar-refractivity contribution >= 4 is 17.3 Å². The number of carbonyl (C=O) groups is 1. The number of likely N-dealkylation sites (N-methyl/N-ethyl adjacent to an activating group) is 1. The second kappa shape index (κ2) is 8.40. The smallest absolute Gasteiger partial charge is 0.243 e. The summed E-state index contributed by atoms with van der Waals surface area (Å²) in [6.07, 6.45) is 0.175. The van der Waals surface area contributed by atoms with Gasteiger partial charge in [0.1, 0.15) is 5.82 Å². The maximum Gasteiger partial charge on any atom is 0.243 e. The quantitative estimate of drug-likeness (QED) is 0.675. The van der Waals surface area contributed by atoms with Crippen LogP contribution in [0.15, 0.2) is 36.4 Å². The number of anilines is 2. The summed E-state index contributed by atoms with van der Waals surface area (Å²) in [5.41, 5.74) is 11.5. The van der Waals surface area contributed by atoms with Crippen molar-refractivity contribution in [1.82, 2.24) is 21.2 Å². The summed E-state index contributed by atoms with van der Waals surface area (Å²) >= 11 is 0. The highest BCUT2D eigenvalue weighted by atomic mass is 19.1. The van der Waals surface area contributed by atoms with E-state index >= 15 is 4.39 Å². The monoisotopic (exact) mass is 442 g/mol. The Morgan fingerprint density at radius 2 is 1.75 bits per heavy atom. The van der Waals surface area contributed by atoms with E-state index in [1.807, 2.05) is 12.1 Å². The molecule has 1 amide bonds. The number of carbonyl (C=O) groups excluding carboxylic acids is 1. The van der Waals surface area contributed by atoms with E-state index < -0.39 is 11.9 Å². The van der Waals surface area contributed by atoms with Gasteiger partial charge >= 0.3 is 0 Å². The molecule has 3 aliphatic rings. The van der Waals surface area contributed by atoms with Crippen molar-refractivity contribution in [3.8, 4) is 0 Å². The number of aryl methyl sites for hydroxylation is 1. The molecule has 0 spiro atoms. The Balaban J connectivity index is 1.44. The summed E-state index contributed by atoms with van der Waals surface area (Å²) in [5.74, 6) is -0.964. The van der Waals surface area contributed by atoms with Crippen molar-refractivity contribution in [1.29, 1.82) is 0 Å². The number of hydrogen-bond donors (Lipinski definition) is 3. The lowest BCUT2D eigenvalue weighted by atomic mass is 9.92. The van der Waals surface area contributed by atoms with Gasteiger partial charge in [-0.1, -0.05) is 24.3 Å². The summed E-state index contributed by atoms with van der Waals surface area (Å²) in [4.78, 5) is 17.1. The Bertz CT molecular complexity index is 1010. The molecule has 0 aromatic heterocycles. The third kappa shape index (κ3) is 3.65. The first-order valence-electron chi connectivity index (χ1n) is 11.0. The van der Waals surface area contributed by atoms with Gasteiger partial charge in [0.15, 0.2) is 5.82 Å². The second-order valence-corrected chi connectivity index (χ2v) is 8.84. The molecular formula is C23H28F2N6O. The first-order valence-corrected chi connectivity index (χ1v) is 11.0. The number of para-hydroxylation sites is 1. The summed E-state index contributed by atoms with van der Waals surface area (Å²) < 4.78 is 30.3. The summed E-state index contributed by atoms with van der Waals surface area (Å²) in [6.45, 7) is 5.08. The molecule has 0 aliphatic carbocycles. The van der Waals surface area contributed by atoms with E-state index in [9.17, 15) is 9.18 Å². The number of halogens is 2. The zero-order valence-electron chi connectivity index (χ0n) is 18.2. The number of nitrogens with zero attached hydrogens (tertiary/aromatic N) is 3. The van der Waals surface area contributed by atoms with Crippen molar-refractivity contribution in [3.63, 3.8) is 0 Å². The first kappa shape index (κ1) is 21.3. The van der Waals surface area contributed by atoms with Crippen LogP contribution in [0, 0.1) is 18.6 Å². The third-order valence-corrected chi connectivity index (χ3v) is 6.74. The standard InChI is InChI=1S/C23H28F2N6O/c1-14-5-3-7-16(24)23(14)31-19(32)13-17-22(28-31)21(27-26-17)15-6-4-8-18(20(15)25)30-11-9-29(2)10-12-30/h3-8,17,21-22,26-28H,9-13H2,1-2H3. The van der Waals surface area contributed by atoms with Crippen LogP contribution >= 0.6 is 0 Å². The minimum Gasteiger partial charge on any atom is -0.367 e. The highest BCUT2D eigenvalue weighted by Crippen LogP contribution is 2.35. The molecule has 32 heavy (non-hydrogen) atoms. The number of hydrazine groups is 2. The van der Waals surface area contributed by atoms with Gasteiger partial charge in [-0.2, -0.15) is 0 Å². The van der Waals surface area contributed by atoms with Gasteiger partial charge < -0.3 is 9.80 Å². The number of hydrogen-bond acceptors (Lipinski definition) is 6. The molecule has 2 aromatic rings. The molecule has 9 heteroatoms. The Kier molecular flexibility index (Phi) is 5.58. The average Bonchev–Trinajstić information content (AvgIpc) is 3.17. The maximum absolute atomic E-state index is 15.7. The van der Waals surface area contributed by atoms with Crippen LogP contribution < -0.4 is 26.2 Å². The molecular weight excluding hydrogens is 414 g/mol. The SMILES string of the molecule is Cc1cccc(F)c1N1NC2C(CC1=O)NNC2c1cccc(N2CCN(C)CC2)c1F. The largest absolute Gasteiger partial charge is 0.367 e. The lowest BCUT2D eigenvalue weighted by molar-refractivity contribution is -0.121. The van der Waals surface area contributed by atoms with E-state index in [0.717, 1.165) is 26.2 Å². The highest BCUT2D eigenvalue weighted by molar-refractivity contribution is 5.94. The predicted octanol–water partition coefficient (Wildman–Crippen LogP) is 1.85. The van der Waals surface area contributed by atoms with E-state index in [1.54, 1.807) is 25.1 Å². The predicted molar refractivity (Wildman–Crippen MR) is 119 cm³/mol. The number of benzene rings is 2. The van der Waals surface area contributed by atoms with E-state index in [2.05, 4.69) is 33.1 Å². The second-order valence-electron chi connectivity index (χ2n) is 8.84. The molecule has 2 aromatic carbocycles. The van der Waals surface area contributed by atoms with Crippen LogP contribution in [0.3, 0.4) is 0 Å². The fraction of sp³-hybridized carbons (Fsp3) is 0.435. The highest BCUT2D eigenvalue weighted by Gasteiger charge is 2.45. The Hall–Kier alpha value is -2.59. The normalized spacial score (nSPS) is 26.5. The van der Waals surface area contributed by atoms with Gasteiger partial charge in [0.2, 0.25) is 5.91 Å². The van der Waals surface area contributed by atoms with Crippen LogP contribution in [0.2, 0.25) is 0 Å². The lowest BCUT2D eigenvalue weighted by Crippen LogP contribution is -2.60. The molecule has 3 atom stereocenters. The van der Waals surface area contributed by atoms with E-state index in [1.165, 1.54) is 11.1 Å². The molecule has 0 radical (unpaired) electrons. The van der Waals surface area contributed by atoms with Gasteiger partial charge in [0.25, 0.3) is 0 Å². The number of rotatable bonds is 3. The zero-order valence-corrected chi connectivity index (χ0v) is 18.2. The molecule has 0 saturated carbocycles. The van der Waals surface area contributed by atoms with Crippen molar-refractivity contribution < 1.29 is 13.6 Å². The molecule has 3 heterocycles. The summed E-state index contributed by atoms with van der Waals surface area (Å²) in [5, 5.41) is 1.29. The van der Waals surface area contributed by atoms with Gasteiger partial charge in [0, 0.05) is 44.2 Å². The number of amides is 1. The van der Waals surface area contributed by atoms with Crippen LogP contribution in [-0.2, 0) is 4.79 Å². The minimum atomic E-state index is -0.469. The van der Waals surface area contributed by atoms with Gasteiger partial charge in [-0.25, -0.2) is 24.6 Å². The third-order valence-electron chi connectivity index (χ3n) is 6.74. The number of fused-ring (bicyclic) bond motifs is 1. The number of nitrogens with one attached hydrogen (secondary N) is 3. The Morgan fingerprint density at radius 1 is 1.00 bits per heavy atom. The van der Waals surface area contributed by atoms with Gasteiger partial charge in [-0.05, 0) is 31.7 Å².